The van der Waals surface area contributed by atoms with E-state index >= 15 is 0 Å². The van der Waals surface area contributed by atoms with Crippen LogP contribution in [-0.4, -0.2) is 46.5 Å². The number of aliphatic carboxylic acids is 1. The van der Waals surface area contributed by atoms with E-state index in [2.05, 4.69) is 15.2 Å². The molecule has 2 N–H and O–H groups in total. The van der Waals surface area contributed by atoms with Crippen LogP contribution in [0.3, 0.4) is 0 Å². The Morgan fingerprint density at radius 2 is 1.96 bits per heavy atom. The number of likely N-dealkylation sites (tertiary alicyclic amines) is 1. The lowest BCUT2D eigenvalue weighted by molar-refractivity contribution is -0.145. The zero-order chi connectivity index (χ0) is 17.6. The van der Waals surface area contributed by atoms with E-state index in [0.29, 0.717) is 32.0 Å². The van der Waals surface area contributed by atoms with Crippen LogP contribution in [0.2, 0.25) is 0 Å². The number of rotatable bonds is 6. The Morgan fingerprint density at radius 1 is 1.20 bits per heavy atom. The summed E-state index contributed by atoms with van der Waals surface area (Å²) >= 11 is 0. The lowest BCUT2D eigenvalue weighted by atomic mass is 9.87. The molecule has 0 unspecified atom stereocenters. The van der Waals surface area contributed by atoms with E-state index < -0.39 is 11.9 Å². The van der Waals surface area contributed by atoms with Gasteiger partial charge in [-0.25, -0.2) is 0 Å². The number of nitrogens with zero attached hydrogens (tertiary/aromatic N) is 2. The molecule has 1 aliphatic carbocycles. The minimum atomic E-state index is -0.793. The van der Waals surface area contributed by atoms with Crippen LogP contribution in [0.4, 0.5) is 0 Å². The number of hydrogen-bond donors (Lipinski definition) is 2. The molecular weight excluding hydrogens is 318 g/mol. The zero-order valence-corrected chi connectivity index (χ0v) is 14.6. The van der Waals surface area contributed by atoms with E-state index in [4.69, 9.17) is 0 Å². The van der Waals surface area contributed by atoms with Crippen LogP contribution in [-0.2, 0) is 16.1 Å². The molecule has 1 aromatic heterocycles. The van der Waals surface area contributed by atoms with E-state index in [-0.39, 0.29) is 11.8 Å². The fraction of sp³-hybridized carbons (Fsp3) is 0.632. The highest BCUT2D eigenvalue weighted by atomic mass is 16.4. The van der Waals surface area contributed by atoms with Crippen LogP contribution in [0.25, 0.3) is 0 Å². The van der Waals surface area contributed by atoms with Crippen molar-refractivity contribution in [3.8, 4) is 0 Å². The van der Waals surface area contributed by atoms with Crippen LogP contribution in [0.15, 0.2) is 24.4 Å². The van der Waals surface area contributed by atoms with Crippen LogP contribution in [0.5, 0.6) is 0 Å². The topological polar surface area (TPSA) is 82.5 Å². The molecule has 0 radical (unpaired) electrons. The molecule has 2 atom stereocenters. The fourth-order valence-corrected chi connectivity index (χ4v) is 4.09. The average molecular weight is 345 g/mol. The number of amides is 1. The van der Waals surface area contributed by atoms with Gasteiger partial charge in [-0.3, -0.25) is 14.6 Å². The SMILES string of the molecule is O=C(O)[C@H]1C[C@H](C(=O)NCc2ccccn2)CN(CC2CCCC2)C1. The van der Waals surface area contributed by atoms with Crippen molar-refractivity contribution in [1.29, 1.82) is 0 Å². The van der Waals surface area contributed by atoms with Crippen molar-refractivity contribution in [2.75, 3.05) is 19.6 Å². The Labute approximate surface area is 148 Å². The van der Waals surface area contributed by atoms with Crippen LogP contribution in [0, 0.1) is 17.8 Å². The maximum Gasteiger partial charge on any atom is 0.307 e. The lowest BCUT2D eigenvalue weighted by Gasteiger charge is -2.36. The normalized spacial score (nSPS) is 25.0. The first-order valence-electron chi connectivity index (χ1n) is 9.24. The minimum Gasteiger partial charge on any atom is -0.481 e. The van der Waals surface area contributed by atoms with Gasteiger partial charge in [0.05, 0.1) is 24.1 Å². The highest BCUT2D eigenvalue weighted by molar-refractivity contribution is 5.80. The van der Waals surface area contributed by atoms with Crippen molar-refractivity contribution in [2.45, 2.75) is 38.6 Å². The number of aromatic nitrogens is 1. The second-order valence-corrected chi connectivity index (χ2v) is 7.38. The predicted octanol–water partition coefficient (Wildman–Crippen LogP) is 1.91. The van der Waals surface area contributed by atoms with Gasteiger partial charge in [0.1, 0.15) is 0 Å². The van der Waals surface area contributed by atoms with E-state index in [0.717, 1.165) is 12.2 Å². The second-order valence-electron chi connectivity index (χ2n) is 7.38. The molecule has 136 valence electrons. The van der Waals surface area contributed by atoms with Crippen LogP contribution in [0.1, 0.15) is 37.8 Å². The molecule has 1 amide bonds. The van der Waals surface area contributed by atoms with Gasteiger partial charge in [-0.15, -0.1) is 0 Å². The third-order valence-electron chi connectivity index (χ3n) is 5.41. The molecule has 6 nitrogen and oxygen atoms in total. The summed E-state index contributed by atoms with van der Waals surface area (Å²) in [5, 5.41) is 12.4. The number of carbonyl (C=O) groups excluding carboxylic acids is 1. The molecule has 1 aliphatic heterocycles. The molecule has 0 aromatic carbocycles. The lowest BCUT2D eigenvalue weighted by Crippen LogP contribution is -2.49. The molecule has 1 saturated heterocycles. The Kier molecular flexibility index (Phi) is 6.02. The number of nitrogens with one attached hydrogen (secondary N) is 1. The smallest absolute Gasteiger partial charge is 0.307 e. The predicted molar refractivity (Wildman–Crippen MR) is 93.7 cm³/mol. The summed E-state index contributed by atoms with van der Waals surface area (Å²) in [6.07, 6.45) is 7.12. The third kappa shape index (κ3) is 5.01. The van der Waals surface area contributed by atoms with E-state index in [1.807, 2.05) is 18.2 Å². The first-order chi connectivity index (χ1) is 12.1. The van der Waals surface area contributed by atoms with Gasteiger partial charge in [0.25, 0.3) is 0 Å². The fourth-order valence-electron chi connectivity index (χ4n) is 4.09. The van der Waals surface area contributed by atoms with Gasteiger partial charge < -0.3 is 15.3 Å². The Balaban J connectivity index is 1.57. The number of pyridine rings is 1. The standard InChI is InChI=1S/C19H27N3O3/c23-18(21-10-17-7-3-4-8-20-17)15-9-16(19(24)25)13-22(12-15)11-14-5-1-2-6-14/h3-4,7-8,14-16H,1-2,5-6,9-13H2,(H,21,23)(H,24,25)/t15-,16-/m0/s1. The van der Waals surface area contributed by atoms with Crippen molar-refractivity contribution in [3.63, 3.8) is 0 Å². The number of hydrogen-bond acceptors (Lipinski definition) is 4. The largest absolute Gasteiger partial charge is 0.481 e. The number of carboxylic acid groups (broad SMARTS) is 1. The third-order valence-corrected chi connectivity index (χ3v) is 5.41. The molecular formula is C19H27N3O3. The van der Waals surface area contributed by atoms with Gasteiger partial charge in [0, 0.05) is 25.8 Å². The van der Waals surface area contributed by atoms with Crippen molar-refractivity contribution >= 4 is 11.9 Å². The maximum atomic E-state index is 12.6. The number of piperidine rings is 1. The van der Waals surface area contributed by atoms with E-state index in [9.17, 15) is 14.7 Å². The first kappa shape index (κ1) is 17.9. The summed E-state index contributed by atoms with van der Waals surface area (Å²) in [7, 11) is 0. The summed E-state index contributed by atoms with van der Waals surface area (Å²) in [4.78, 5) is 30.5. The number of carboxylic acids is 1. The van der Waals surface area contributed by atoms with Gasteiger partial charge >= 0.3 is 5.97 Å². The second kappa shape index (κ2) is 8.43. The van der Waals surface area contributed by atoms with Crippen molar-refractivity contribution in [2.24, 2.45) is 17.8 Å². The minimum absolute atomic E-state index is 0.0620. The van der Waals surface area contributed by atoms with Gasteiger partial charge in [-0.05, 0) is 37.3 Å². The van der Waals surface area contributed by atoms with Gasteiger partial charge in [-0.2, -0.15) is 0 Å². The summed E-state index contributed by atoms with van der Waals surface area (Å²) in [6.45, 7) is 2.54. The summed E-state index contributed by atoms with van der Waals surface area (Å²) in [5.74, 6) is -0.919. The average Bonchev–Trinajstić information content (AvgIpc) is 3.13. The molecule has 0 spiro atoms. The van der Waals surface area contributed by atoms with Crippen LogP contribution < -0.4 is 5.32 Å². The molecule has 1 saturated carbocycles. The number of carbonyl (C=O) groups is 2. The maximum absolute atomic E-state index is 12.6. The van der Waals surface area contributed by atoms with Gasteiger partial charge in [-0.1, -0.05) is 18.9 Å². The van der Waals surface area contributed by atoms with E-state index in [1.54, 1.807) is 6.20 Å². The Morgan fingerprint density at radius 3 is 2.64 bits per heavy atom. The summed E-state index contributed by atoms with van der Waals surface area (Å²) in [6, 6.07) is 5.59. The van der Waals surface area contributed by atoms with E-state index in [1.165, 1.54) is 25.7 Å². The quantitative estimate of drug-likeness (QED) is 0.823. The molecule has 3 rings (SSSR count). The van der Waals surface area contributed by atoms with Crippen molar-refractivity contribution < 1.29 is 14.7 Å². The highest BCUT2D eigenvalue weighted by Gasteiger charge is 2.36. The monoisotopic (exact) mass is 345 g/mol. The van der Waals surface area contributed by atoms with Crippen molar-refractivity contribution in [1.82, 2.24) is 15.2 Å². The molecule has 1 aromatic rings. The Hall–Kier alpha value is -1.95. The molecule has 2 aliphatic rings. The van der Waals surface area contributed by atoms with Gasteiger partial charge in [0.2, 0.25) is 5.91 Å². The summed E-state index contributed by atoms with van der Waals surface area (Å²) < 4.78 is 0. The van der Waals surface area contributed by atoms with Gasteiger partial charge in [0.15, 0.2) is 0 Å². The summed E-state index contributed by atoms with van der Waals surface area (Å²) in [5.41, 5.74) is 0.809. The van der Waals surface area contributed by atoms with Crippen LogP contribution >= 0.6 is 0 Å². The molecule has 0 bridgehead atoms. The molecule has 25 heavy (non-hydrogen) atoms. The first-order valence-corrected chi connectivity index (χ1v) is 9.24. The van der Waals surface area contributed by atoms with Crippen molar-refractivity contribution in [3.05, 3.63) is 30.1 Å². The molecule has 2 fully saturated rings. The molecule has 2 heterocycles. The zero-order valence-electron chi connectivity index (χ0n) is 14.6. The Bertz CT molecular complexity index is 587. The molecule has 6 heteroatoms. The highest BCUT2D eigenvalue weighted by Crippen LogP contribution is 2.29.